The topological polar surface area (TPSA) is 76.7 Å². The Morgan fingerprint density at radius 1 is 1.15 bits per heavy atom. The molecule has 1 N–H and O–H groups in total. The SMILES string of the molecule is O=c1[nH]c2ccc(-n3c(C4CC4)nc4ccc(C(F)(F)F)nc43)cc2o1. The number of alkyl halides is 3. The van der Waals surface area contributed by atoms with E-state index in [2.05, 4.69) is 15.0 Å². The Bertz CT molecular complexity index is 1210. The number of nitrogens with zero attached hydrogens (tertiary/aromatic N) is 3. The molecule has 0 amide bonds. The van der Waals surface area contributed by atoms with Gasteiger partial charge in [-0.2, -0.15) is 13.2 Å². The predicted molar refractivity (Wildman–Crippen MR) is 86.2 cm³/mol. The zero-order valence-corrected chi connectivity index (χ0v) is 13.2. The maximum atomic E-state index is 13.1. The summed E-state index contributed by atoms with van der Waals surface area (Å²) in [6, 6.07) is 7.21. The van der Waals surface area contributed by atoms with Crippen LogP contribution < -0.4 is 5.76 Å². The van der Waals surface area contributed by atoms with Gasteiger partial charge >= 0.3 is 11.9 Å². The van der Waals surface area contributed by atoms with E-state index in [1.54, 1.807) is 22.8 Å². The van der Waals surface area contributed by atoms with Crippen LogP contribution in [0.2, 0.25) is 0 Å². The molecule has 5 rings (SSSR count). The fraction of sp³-hybridized carbons (Fsp3) is 0.235. The molecule has 26 heavy (non-hydrogen) atoms. The molecule has 0 unspecified atom stereocenters. The van der Waals surface area contributed by atoms with Gasteiger partial charge in [-0.25, -0.2) is 14.8 Å². The molecule has 1 saturated carbocycles. The number of nitrogens with one attached hydrogen (secondary N) is 1. The third-order valence-corrected chi connectivity index (χ3v) is 4.43. The zero-order valence-electron chi connectivity index (χ0n) is 13.2. The summed E-state index contributed by atoms with van der Waals surface area (Å²) in [5.74, 6) is 0.268. The second-order valence-corrected chi connectivity index (χ2v) is 6.31. The standard InChI is InChI=1S/C17H11F3N4O2/c18-17(19,20)13-6-5-11-15(23-13)24(14(21-11)8-1-2-8)9-3-4-10-12(7-9)26-16(25)22-10/h3-8H,1-2H2,(H,22,25). The van der Waals surface area contributed by atoms with E-state index in [9.17, 15) is 18.0 Å². The molecule has 1 fully saturated rings. The van der Waals surface area contributed by atoms with E-state index in [1.807, 2.05) is 0 Å². The van der Waals surface area contributed by atoms with Crippen molar-refractivity contribution in [1.82, 2.24) is 19.5 Å². The lowest BCUT2D eigenvalue weighted by Crippen LogP contribution is -2.09. The van der Waals surface area contributed by atoms with Crippen LogP contribution in [0.4, 0.5) is 13.2 Å². The number of aromatic amines is 1. The van der Waals surface area contributed by atoms with Crippen molar-refractivity contribution in [2.45, 2.75) is 24.9 Å². The quantitative estimate of drug-likeness (QED) is 0.591. The number of hydrogen-bond acceptors (Lipinski definition) is 4. The van der Waals surface area contributed by atoms with E-state index in [1.165, 1.54) is 6.07 Å². The maximum absolute atomic E-state index is 13.1. The zero-order chi connectivity index (χ0) is 18.1. The second kappa shape index (κ2) is 4.96. The monoisotopic (exact) mass is 360 g/mol. The minimum atomic E-state index is -4.54. The van der Waals surface area contributed by atoms with Crippen LogP contribution in [0.25, 0.3) is 28.0 Å². The Hall–Kier alpha value is -3.10. The van der Waals surface area contributed by atoms with Crippen LogP contribution in [-0.4, -0.2) is 19.5 Å². The molecular formula is C17H11F3N4O2. The lowest BCUT2D eigenvalue weighted by atomic mass is 10.2. The molecule has 9 heteroatoms. The van der Waals surface area contributed by atoms with E-state index in [0.29, 0.717) is 28.1 Å². The number of pyridine rings is 1. The molecule has 132 valence electrons. The van der Waals surface area contributed by atoms with Gasteiger partial charge in [0, 0.05) is 12.0 Å². The number of fused-ring (bicyclic) bond motifs is 2. The molecular weight excluding hydrogens is 349 g/mol. The summed E-state index contributed by atoms with van der Waals surface area (Å²) >= 11 is 0. The van der Waals surface area contributed by atoms with Crippen LogP contribution in [0.5, 0.6) is 0 Å². The summed E-state index contributed by atoms with van der Waals surface area (Å²) < 4.78 is 46.0. The minimum absolute atomic E-state index is 0.138. The van der Waals surface area contributed by atoms with Gasteiger partial charge in [0.1, 0.15) is 17.0 Å². The summed E-state index contributed by atoms with van der Waals surface area (Å²) in [6.07, 6.45) is -2.69. The number of imidazole rings is 1. The van der Waals surface area contributed by atoms with Gasteiger partial charge in [0.25, 0.3) is 0 Å². The molecule has 0 saturated heterocycles. The highest BCUT2D eigenvalue weighted by Crippen LogP contribution is 2.42. The number of rotatable bonds is 2. The van der Waals surface area contributed by atoms with Crippen LogP contribution >= 0.6 is 0 Å². The van der Waals surface area contributed by atoms with Crippen molar-refractivity contribution in [3.8, 4) is 5.69 Å². The van der Waals surface area contributed by atoms with Crippen LogP contribution in [0.3, 0.4) is 0 Å². The van der Waals surface area contributed by atoms with Gasteiger partial charge in [0.05, 0.1) is 11.2 Å². The summed E-state index contributed by atoms with van der Waals surface area (Å²) in [4.78, 5) is 22.2. The maximum Gasteiger partial charge on any atom is 0.433 e. The molecule has 0 radical (unpaired) electrons. The number of aromatic nitrogens is 4. The van der Waals surface area contributed by atoms with Crippen LogP contribution in [0, 0.1) is 0 Å². The van der Waals surface area contributed by atoms with E-state index in [-0.39, 0.29) is 11.6 Å². The summed E-state index contributed by atoms with van der Waals surface area (Å²) in [5, 5.41) is 0. The Balaban J connectivity index is 1.80. The molecule has 0 aliphatic heterocycles. The van der Waals surface area contributed by atoms with Crippen molar-refractivity contribution in [3.05, 3.63) is 52.4 Å². The second-order valence-electron chi connectivity index (χ2n) is 6.31. The Morgan fingerprint density at radius 3 is 2.69 bits per heavy atom. The average Bonchev–Trinajstić information content (AvgIpc) is 3.25. The van der Waals surface area contributed by atoms with Gasteiger partial charge < -0.3 is 4.42 Å². The number of oxazole rings is 1. The van der Waals surface area contributed by atoms with E-state index < -0.39 is 17.6 Å². The van der Waals surface area contributed by atoms with Gasteiger partial charge in [-0.3, -0.25) is 9.55 Å². The molecule has 3 aromatic heterocycles. The smallest absolute Gasteiger partial charge is 0.408 e. The first-order valence-corrected chi connectivity index (χ1v) is 8.00. The molecule has 3 heterocycles. The molecule has 1 aromatic carbocycles. The van der Waals surface area contributed by atoms with E-state index in [4.69, 9.17) is 4.42 Å². The average molecular weight is 360 g/mol. The van der Waals surface area contributed by atoms with Gasteiger partial charge in [0.15, 0.2) is 11.2 Å². The summed E-state index contributed by atoms with van der Waals surface area (Å²) in [5.41, 5.74) is 0.955. The minimum Gasteiger partial charge on any atom is -0.408 e. The third-order valence-electron chi connectivity index (χ3n) is 4.43. The Morgan fingerprint density at radius 2 is 1.96 bits per heavy atom. The van der Waals surface area contributed by atoms with Gasteiger partial charge in [-0.15, -0.1) is 0 Å². The van der Waals surface area contributed by atoms with Crippen molar-refractivity contribution in [1.29, 1.82) is 0 Å². The lowest BCUT2D eigenvalue weighted by molar-refractivity contribution is -0.141. The molecule has 0 spiro atoms. The number of halogens is 3. The molecule has 1 aliphatic carbocycles. The Kier molecular flexibility index (Phi) is 2.90. The first-order chi connectivity index (χ1) is 12.4. The molecule has 1 aliphatic rings. The summed E-state index contributed by atoms with van der Waals surface area (Å²) in [7, 11) is 0. The highest BCUT2D eigenvalue weighted by Gasteiger charge is 2.35. The third kappa shape index (κ3) is 2.31. The van der Waals surface area contributed by atoms with E-state index >= 15 is 0 Å². The lowest BCUT2D eigenvalue weighted by Gasteiger charge is -2.09. The normalized spacial score (nSPS) is 15.2. The Labute approximate surface area is 143 Å². The first kappa shape index (κ1) is 15.2. The largest absolute Gasteiger partial charge is 0.433 e. The van der Waals surface area contributed by atoms with Crippen LogP contribution in [0.15, 0.2) is 39.5 Å². The first-order valence-electron chi connectivity index (χ1n) is 8.00. The van der Waals surface area contributed by atoms with Gasteiger partial charge in [0.2, 0.25) is 0 Å². The molecule has 0 bridgehead atoms. The van der Waals surface area contributed by atoms with E-state index in [0.717, 1.165) is 18.9 Å². The summed E-state index contributed by atoms with van der Waals surface area (Å²) in [6.45, 7) is 0. The van der Waals surface area contributed by atoms with Crippen molar-refractivity contribution in [2.75, 3.05) is 0 Å². The van der Waals surface area contributed by atoms with Crippen molar-refractivity contribution >= 4 is 22.3 Å². The fourth-order valence-corrected chi connectivity index (χ4v) is 3.08. The molecule has 4 aromatic rings. The number of benzene rings is 1. The number of hydrogen-bond donors (Lipinski definition) is 1. The van der Waals surface area contributed by atoms with Gasteiger partial charge in [-0.05, 0) is 37.1 Å². The molecule has 0 atom stereocenters. The molecule has 6 nitrogen and oxygen atoms in total. The van der Waals surface area contributed by atoms with Crippen LogP contribution in [0.1, 0.15) is 30.3 Å². The van der Waals surface area contributed by atoms with Gasteiger partial charge in [-0.1, -0.05) is 0 Å². The highest BCUT2D eigenvalue weighted by molar-refractivity contribution is 5.79. The predicted octanol–water partition coefficient (Wildman–Crippen LogP) is 3.75. The highest BCUT2D eigenvalue weighted by atomic mass is 19.4. The van der Waals surface area contributed by atoms with Crippen molar-refractivity contribution in [2.24, 2.45) is 0 Å². The number of H-pyrrole nitrogens is 1. The van der Waals surface area contributed by atoms with Crippen molar-refractivity contribution in [3.63, 3.8) is 0 Å². The van der Waals surface area contributed by atoms with Crippen LogP contribution in [-0.2, 0) is 6.18 Å². The van der Waals surface area contributed by atoms with Crippen molar-refractivity contribution < 1.29 is 17.6 Å². The fourth-order valence-electron chi connectivity index (χ4n) is 3.08.